The van der Waals surface area contributed by atoms with Gasteiger partial charge in [0, 0.05) is 13.5 Å². The number of carbonyl (C=O) groups excluding carboxylic acids is 2. The second-order valence-corrected chi connectivity index (χ2v) is 3.39. The summed E-state index contributed by atoms with van der Waals surface area (Å²) in [7, 11) is 1.52. The van der Waals surface area contributed by atoms with Crippen molar-refractivity contribution >= 4 is 11.8 Å². The van der Waals surface area contributed by atoms with Crippen molar-refractivity contribution in [1.82, 2.24) is 10.6 Å². The average Bonchev–Trinajstić information content (AvgIpc) is 2.35. The SMILES string of the molecule is CCC(=O)[C@H](NC(=O)NC)c1ccccc1. The number of Topliss-reactive ketones (excluding diaryl/α,β-unsaturated/α-hetero) is 1. The number of rotatable bonds is 4. The average molecular weight is 220 g/mol. The molecule has 0 heterocycles. The molecule has 1 atom stereocenters. The molecule has 0 radical (unpaired) electrons. The molecule has 0 aliphatic rings. The highest BCUT2D eigenvalue weighted by Crippen LogP contribution is 2.14. The summed E-state index contributed by atoms with van der Waals surface area (Å²) < 4.78 is 0. The molecule has 0 bridgehead atoms. The maximum Gasteiger partial charge on any atom is 0.315 e. The molecule has 0 aliphatic carbocycles. The summed E-state index contributed by atoms with van der Waals surface area (Å²) in [5, 5.41) is 5.08. The molecule has 0 unspecified atom stereocenters. The van der Waals surface area contributed by atoms with Crippen molar-refractivity contribution < 1.29 is 9.59 Å². The van der Waals surface area contributed by atoms with Crippen LogP contribution in [-0.2, 0) is 4.79 Å². The number of urea groups is 1. The Labute approximate surface area is 95.0 Å². The van der Waals surface area contributed by atoms with Crippen LogP contribution in [0.25, 0.3) is 0 Å². The van der Waals surface area contributed by atoms with Crippen LogP contribution in [0.5, 0.6) is 0 Å². The molecular weight excluding hydrogens is 204 g/mol. The first kappa shape index (κ1) is 12.2. The van der Waals surface area contributed by atoms with Crippen molar-refractivity contribution in [3.8, 4) is 0 Å². The van der Waals surface area contributed by atoms with Crippen LogP contribution in [0.15, 0.2) is 30.3 Å². The van der Waals surface area contributed by atoms with Gasteiger partial charge in [-0.3, -0.25) is 4.79 Å². The van der Waals surface area contributed by atoms with Gasteiger partial charge in [-0.05, 0) is 5.56 Å². The minimum atomic E-state index is -0.564. The van der Waals surface area contributed by atoms with E-state index in [1.807, 2.05) is 30.3 Å². The molecule has 0 saturated heterocycles. The van der Waals surface area contributed by atoms with E-state index >= 15 is 0 Å². The van der Waals surface area contributed by atoms with E-state index in [2.05, 4.69) is 10.6 Å². The van der Waals surface area contributed by atoms with Crippen LogP contribution in [-0.4, -0.2) is 18.9 Å². The summed E-state index contributed by atoms with van der Waals surface area (Å²) in [6.07, 6.45) is 0.392. The van der Waals surface area contributed by atoms with E-state index in [4.69, 9.17) is 0 Å². The van der Waals surface area contributed by atoms with Gasteiger partial charge in [-0.1, -0.05) is 37.3 Å². The normalized spacial score (nSPS) is 11.6. The number of benzene rings is 1. The van der Waals surface area contributed by atoms with Crippen molar-refractivity contribution in [2.45, 2.75) is 19.4 Å². The van der Waals surface area contributed by atoms with Crippen molar-refractivity contribution in [2.24, 2.45) is 0 Å². The minimum absolute atomic E-state index is 0.00481. The molecule has 0 spiro atoms. The van der Waals surface area contributed by atoms with Crippen molar-refractivity contribution in [1.29, 1.82) is 0 Å². The highest BCUT2D eigenvalue weighted by atomic mass is 16.2. The number of amides is 2. The van der Waals surface area contributed by atoms with E-state index in [0.29, 0.717) is 6.42 Å². The second-order valence-electron chi connectivity index (χ2n) is 3.39. The van der Waals surface area contributed by atoms with Gasteiger partial charge in [-0.25, -0.2) is 4.79 Å². The monoisotopic (exact) mass is 220 g/mol. The van der Waals surface area contributed by atoms with Crippen LogP contribution in [0.2, 0.25) is 0 Å². The van der Waals surface area contributed by atoms with Crippen LogP contribution in [0.3, 0.4) is 0 Å². The first-order valence-electron chi connectivity index (χ1n) is 5.25. The maximum atomic E-state index is 11.7. The first-order valence-corrected chi connectivity index (χ1v) is 5.25. The second kappa shape index (κ2) is 5.90. The Kier molecular flexibility index (Phi) is 4.51. The first-order chi connectivity index (χ1) is 7.69. The molecule has 0 aromatic heterocycles. The summed E-state index contributed by atoms with van der Waals surface area (Å²) in [5.41, 5.74) is 0.804. The van der Waals surface area contributed by atoms with E-state index < -0.39 is 6.04 Å². The minimum Gasteiger partial charge on any atom is -0.341 e. The summed E-state index contributed by atoms with van der Waals surface area (Å²) in [6, 6.07) is 8.30. The Bertz CT molecular complexity index is 363. The molecular formula is C12H16N2O2. The lowest BCUT2D eigenvalue weighted by Gasteiger charge is -2.16. The van der Waals surface area contributed by atoms with Crippen molar-refractivity contribution in [3.63, 3.8) is 0 Å². The van der Waals surface area contributed by atoms with Crippen molar-refractivity contribution in [2.75, 3.05) is 7.05 Å². The molecule has 2 amide bonds. The molecule has 2 N–H and O–H groups in total. The molecule has 0 saturated carbocycles. The van der Waals surface area contributed by atoms with Crippen LogP contribution < -0.4 is 10.6 Å². The highest BCUT2D eigenvalue weighted by Gasteiger charge is 2.20. The van der Waals surface area contributed by atoms with Crippen LogP contribution in [0.4, 0.5) is 4.79 Å². The third kappa shape index (κ3) is 3.08. The van der Waals surface area contributed by atoms with E-state index in [1.54, 1.807) is 6.92 Å². The topological polar surface area (TPSA) is 58.2 Å². The number of hydrogen-bond acceptors (Lipinski definition) is 2. The molecule has 4 nitrogen and oxygen atoms in total. The number of carbonyl (C=O) groups is 2. The quantitative estimate of drug-likeness (QED) is 0.810. The van der Waals surface area contributed by atoms with Crippen molar-refractivity contribution in [3.05, 3.63) is 35.9 Å². The van der Waals surface area contributed by atoms with Gasteiger partial charge in [0.25, 0.3) is 0 Å². The van der Waals surface area contributed by atoms with E-state index in [1.165, 1.54) is 7.05 Å². The molecule has 16 heavy (non-hydrogen) atoms. The number of ketones is 1. The Balaban J connectivity index is 2.88. The van der Waals surface area contributed by atoms with E-state index in [0.717, 1.165) is 5.56 Å². The largest absolute Gasteiger partial charge is 0.341 e. The molecule has 0 aliphatic heterocycles. The van der Waals surface area contributed by atoms with E-state index in [-0.39, 0.29) is 11.8 Å². The highest BCUT2D eigenvalue weighted by molar-refractivity contribution is 5.89. The van der Waals surface area contributed by atoms with Crippen LogP contribution >= 0.6 is 0 Å². The van der Waals surface area contributed by atoms with Gasteiger partial charge >= 0.3 is 6.03 Å². The molecule has 0 fully saturated rings. The molecule has 1 rings (SSSR count). The zero-order chi connectivity index (χ0) is 12.0. The lowest BCUT2D eigenvalue weighted by molar-refractivity contribution is -0.120. The zero-order valence-corrected chi connectivity index (χ0v) is 9.49. The summed E-state index contributed by atoms with van der Waals surface area (Å²) >= 11 is 0. The lowest BCUT2D eigenvalue weighted by Crippen LogP contribution is -2.39. The fraction of sp³-hybridized carbons (Fsp3) is 0.333. The summed E-state index contributed by atoms with van der Waals surface area (Å²) in [5.74, 6) is -0.00481. The van der Waals surface area contributed by atoms with Crippen LogP contribution in [0.1, 0.15) is 24.9 Å². The standard InChI is InChI=1S/C12H16N2O2/c1-3-10(15)11(14-12(16)13-2)9-7-5-4-6-8-9/h4-8,11H,3H2,1-2H3,(H2,13,14,16)/t11-/m1/s1. The van der Waals surface area contributed by atoms with Gasteiger partial charge in [0.2, 0.25) is 0 Å². The zero-order valence-electron chi connectivity index (χ0n) is 9.49. The van der Waals surface area contributed by atoms with Gasteiger partial charge in [0.05, 0.1) is 0 Å². The summed E-state index contributed by atoms with van der Waals surface area (Å²) in [4.78, 5) is 23.0. The Morgan fingerprint density at radius 1 is 1.25 bits per heavy atom. The predicted octanol–water partition coefficient (Wildman–Crippen LogP) is 1.64. The van der Waals surface area contributed by atoms with Gasteiger partial charge in [-0.15, -0.1) is 0 Å². The Morgan fingerprint density at radius 3 is 2.38 bits per heavy atom. The fourth-order valence-corrected chi connectivity index (χ4v) is 1.40. The lowest BCUT2D eigenvalue weighted by atomic mass is 10.0. The Morgan fingerprint density at radius 2 is 1.88 bits per heavy atom. The van der Waals surface area contributed by atoms with Crippen LogP contribution in [0, 0.1) is 0 Å². The molecule has 1 aromatic rings. The van der Waals surface area contributed by atoms with Gasteiger partial charge in [0.1, 0.15) is 6.04 Å². The smallest absolute Gasteiger partial charge is 0.315 e. The number of nitrogens with one attached hydrogen (secondary N) is 2. The maximum absolute atomic E-state index is 11.7. The Hall–Kier alpha value is -1.84. The van der Waals surface area contributed by atoms with E-state index in [9.17, 15) is 9.59 Å². The molecule has 1 aromatic carbocycles. The third-order valence-electron chi connectivity index (χ3n) is 2.31. The predicted molar refractivity (Wildman–Crippen MR) is 62.1 cm³/mol. The van der Waals surface area contributed by atoms with Gasteiger partial charge in [0.15, 0.2) is 5.78 Å². The van der Waals surface area contributed by atoms with Gasteiger partial charge < -0.3 is 10.6 Å². The number of hydrogen-bond donors (Lipinski definition) is 2. The van der Waals surface area contributed by atoms with Gasteiger partial charge in [-0.2, -0.15) is 0 Å². The fourth-order valence-electron chi connectivity index (χ4n) is 1.40. The molecule has 86 valence electrons. The third-order valence-corrected chi connectivity index (χ3v) is 2.31. The summed E-state index contributed by atoms with van der Waals surface area (Å²) in [6.45, 7) is 1.78. The molecule has 4 heteroatoms.